The first-order valence-electron chi connectivity index (χ1n) is 6.87. The standard InChI is InChI=1S/C11H20N2O8/c1-4(16)12-7-9(18)8(17)6(3-15)21-10(7)13-5(2-14)11(19)20/h5-10,13-15,17-18H,2-3H2,1H3,(H,12,16)(H,19,20)/t5-,6+,7+,8+,9+,10?/m0/s1/i1D. The van der Waals surface area contributed by atoms with Gasteiger partial charge in [-0.05, 0) is 0 Å². The summed E-state index contributed by atoms with van der Waals surface area (Å²) in [5.74, 6) is -2.16. The summed E-state index contributed by atoms with van der Waals surface area (Å²) in [6.45, 7) is -2.07. The van der Waals surface area contributed by atoms with Gasteiger partial charge in [-0.1, -0.05) is 0 Å². The highest BCUT2D eigenvalue weighted by molar-refractivity contribution is 5.74. The molecule has 122 valence electrons. The number of nitrogens with one attached hydrogen (secondary N) is 2. The number of carboxylic acids is 1. The van der Waals surface area contributed by atoms with Crippen LogP contribution in [0.4, 0.5) is 0 Å². The van der Waals surface area contributed by atoms with Gasteiger partial charge in [0, 0.05) is 8.27 Å². The molecule has 1 heterocycles. The summed E-state index contributed by atoms with van der Waals surface area (Å²) in [4.78, 5) is 22.3. The Kier molecular flexibility index (Phi) is 5.85. The number of aliphatic hydroxyl groups is 4. The Bertz CT molecular complexity index is 398. The van der Waals surface area contributed by atoms with Gasteiger partial charge in [0.1, 0.15) is 30.6 Å². The molecule has 1 saturated heterocycles. The summed E-state index contributed by atoms with van der Waals surface area (Å²) in [6, 6.07) is -2.70. The SMILES string of the molecule is [2H]CC(=O)N[C@H]1C(N[C@@H](CO)C(=O)O)O[C@H](CO)[C@@H](O)[C@@H]1O. The number of aliphatic hydroxyl groups excluding tert-OH is 4. The largest absolute Gasteiger partial charge is 0.480 e. The molecule has 1 amide bonds. The summed E-state index contributed by atoms with van der Waals surface area (Å²) >= 11 is 0. The van der Waals surface area contributed by atoms with Gasteiger partial charge in [0.2, 0.25) is 5.91 Å². The number of carbonyl (C=O) groups excluding carboxylic acids is 1. The molecular weight excluding hydrogens is 288 g/mol. The van der Waals surface area contributed by atoms with E-state index in [1.165, 1.54) is 0 Å². The third-order valence-electron chi connectivity index (χ3n) is 3.10. The van der Waals surface area contributed by atoms with Crippen molar-refractivity contribution < 1.29 is 41.2 Å². The Morgan fingerprint density at radius 1 is 1.33 bits per heavy atom. The number of ether oxygens (including phenoxy) is 1. The maximum Gasteiger partial charge on any atom is 0.323 e. The van der Waals surface area contributed by atoms with E-state index >= 15 is 0 Å². The van der Waals surface area contributed by atoms with E-state index in [4.69, 9.17) is 21.4 Å². The molecule has 0 spiro atoms. The molecule has 10 heteroatoms. The first-order chi connectivity index (χ1) is 10.3. The van der Waals surface area contributed by atoms with Crippen molar-refractivity contribution >= 4 is 11.9 Å². The Balaban J connectivity index is 2.93. The number of hydrogen-bond acceptors (Lipinski definition) is 8. The zero-order valence-electron chi connectivity index (χ0n) is 12.0. The summed E-state index contributed by atoms with van der Waals surface area (Å²) in [5.41, 5.74) is 0. The second-order valence-electron chi connectivity index (χ2n) is 4.59. The lowest BCUT2D eigenvalue weighted by Crippen LogP contribution is -2.69. The third kappa shape index (κ3) is 4.33. The van der Waals surface area contributed by atoms with Crippen LogP contribution in [0.3, 0.4) is 0 Å². The average molecular weight is 309 g/mol. The topological polar surface area (TPSA) is 169 Å². The molecule has 1 unspecified atom stereocenters. The van der Waals surface area contributed by atoms with Gasteiger partial charge in [0.15, 0.2) is 0 Å². The summed E-state index contributed by atoms with van der Waals surface area (Å²) in [7, 11) is 0. The Labute approximate surface area is 121 Å². The number of aliphatic carboxylic acids is 1. The van der Waals surface area contributed by atoms with E-state index in [2.05, 4.69) is 10.6 Å². The lowest BCUT2D eigenvalue weighted by molar-refractivity contribution is -0.205. The van der Waals surface area contributed by atoms with E-state index < -0.39 is 68.6 Å². The van der Waals surface area contributed by atoms with Gasteiger partial charge in [-0.25, -0.2) is 0 Å². The van der Waals surface area contributed by atoms with Gasteiger partial charge in [0.25, 0.3) is 0 Å². The van der Waals surface area contributed by atoms with Gasteiger partial charge in [-0.3, -0.25) is 14.9 Å². The fraction of sp³-hybridized carbons (Fsp3) is 0.818. The molecule has 0 radical (unpaired) electrons. The first-order valence-corrected chi connectivity index (χ1v) is 6.16. The van der Waals surface area contributed by atoms with Crippen LogP contribution < -0.4 is 10.6 Å². The number of carboxylic acid groups (broad SMARTS) is 1. The molecule has 1 aliphatic rings. The highest BCUT2D eigenvalue weighted by Gasteiger charge is 2.45. The van der Waals surface area contributed by atoms with Crippen LogP contribution in [0.1, 0.15) is 8.27 Å². The lowest BCUT2D eigenvalue weighted by Gasteiger charge is -2.43. The monoisotopic (exact) mass is 309 g/mol. The van der Waals surface area contributed by atoms with Crippen LogP contribution in [0.25, 0.3) is 0 Å². The Morgan fingerprint density at radius 2 is 2.00 bits per heavy atom. The van der Waals surface area contributed by atoms with E-state index in [1.54, 1.807) is 0 Å². The maximum absolute atomic E-state index is 11.3. The molecule has 10 nitrogen and oxygen atoms in total. The molecule has 1 fully saturated rings. The van der Waals surface area contributed by atoms with E-state index in [0.29, 0.717) is 0 Å². The van der Waals surface area contributed by atoms with Crippen LogP contribution in [-0.4, -0.2) is 87.2 Å². The zero-order chi connectivity index (χ0) is 16.9. The molecule has 0 aromatic heterocycles. The Hall–Kier alpha value is -1.30. The second-order valence-corrected chi connectivity index (χ2v) is 4.59. The van der Waals surface area contributed by atoms with Crippen LogP contribution in [0.2, 0.25) is 0 Å². The van der Waals surface area contributed by atoms with Crippen molar-refractivity contribution in [2.45, 2.75) is 43.5 Å². The van der Waals surface area contributed by atoms with Crippen molar-refractivity contribution in [3.63, 3.8) is 0 Å². The summed E-state index contributed by atoms with van der Waals surface area (Å²) < 4.78 is 12.2. The van der Waals surface area contributed by atoms with Crippen molar-refractivity contribution in [1.82, 2.24) is 10.6 Å². The van der Waals surface area contributed by atoms with E-state index in [9.17, 15) is 19.8 Å². The minimum Gasteiger partial charge on any atom is -0.480 e. The molecule has 0 aromatic carbocycles. The summed E-state index contributed by atoms with van der Waals surface area (Å²) in [6.07, 6.45) is -5.58. The fourth-order valence-electron chi connectivity index (χ4n) is 2.01. The maximum atomic E-state index is 11.3. The summed E-state index contributed by atoms with van der Waals surface area (Å²) in [5, 5.41) is 51.4. The fourth-order valence-corrected chi connectivity index (χ4v) is 2.01. The van der Waals surface area contributed by atoms with Gasteiger partial charge in [-0.15, -0.1) is 0 Å². The molecule has 0 aromatic rings. The Morgan fingerprint density at radius 3 is 2.48 bits per heavy atom. The number of carbonyl (C=O) groups is 2. The molecule has 21 heavy (non-hydrogen) atoms. The average Bonchev–Trinajstić information content (AvgIpc) is 2.50. The van der Waals surface area contributed by atoms with Gasteiger partial charge < -0.3 is 35.6 Å². The van der Waals surface area contributed by atoms with Crippen LogP contribution >= 0.6 is 0 Å². The highest BCUT2D eigenvalue weighted by atomic mass is 16.5. The predicted octanol–water partition coefficient (Wildman–Crippen LogP) is -4.03. The molecule has 0 bridgehead atoms. The van der Waals surface area contributed by atoms with E-state index in [-0.39, 0.29) is 0 Å². The molecular formula is C11H20N2O8. The quantitative estimate of drug-likeness (QED) is 0.258. The van der Waals surface area contributed by atoms with Gasteiger partial charge >= 0.3 is 5.97 Å². The molecule has 0 saturated carbocycles. The molecule has 1 rings (SSSR count). The van der Waals surface area contributed by atoms with Crippen LogP contribution in [-0.2, 0) is 14.3 Å². The predicted molar refractivity (Wildman–Crippen MR) is 67.0 cm³/mol. The van der Waals surface area contributed by atoms with Crippen LogP contribution in [0.15, 0.2) is 0 Å². The van der Waals surface area contributed by atoms with Crippen molar-refractivity contribution in [2.75, 3.05) is 13.2 Å². The molecule has 7 N–H and O–H groups in total. The first kappa shape index (κ1) is 16.1. The smallest absolute Gasteiger partial charge is 0.323 e. The van der Waals surface area contributed by atoms with Crippen LogP contribution in [0, 0.1) is 0 Å². The molecule has 1 aliphatic heterocycles. The zero-order valence-corrected chi connectivity index (χ0v) is 11.0. The number of rotatable bonds is 6. The molecule has 0 aliphatic carbocycles. The minimum absolute atomic E-state index is 0.641. The highest BCUT2D eigenvalue weighted by Crippen LogP contribution is 2.20. The van der Waals surface area contributed by atoms with Gasteiger partial charge in [-0.2, -0.15) is 0 Å². The normalized spacial score (nSPS) is 34.9. The van der Waals surface area contributed by atoms with Crippen molar-refractivity contribution in [3.05, 3.63) is 0 Å². The second kappa shape index (κ2) is 7.64. The van der Waals surface area contributed by atoms with Crippen molar-refractivity contribution in [3.8, 4) is 0 Å². The molecule has 6 atom stereocenters. The third-order valence-corrected chi connectivity index (χ3v) is 3.10. The number of amides is 1. The van der Waals surface area contributed by atoms with Crippen molar-refractivity contribution in [1.29, 1.82) is 0 Å². The van der Waals surface area contributed by atoms with E-state index in [0.717, 1.165) is 0 Å². The van der Waals surface area contributed by atoms with Crippen molar-refractivity contribution in [2.24, 2.45) is 0 Å². The lowest BCUT2D eigenvalue weighted by atomic mass is 9.95. The van der Waals surface area contributed by atoms with Gasteiger partial charge in [0.05, 0.1) is 19.3 Å². The minimum atomic E-state index is -1.56. The van der Waals surface area contributed by atoms with Crippen LogP contribution in [0.5, 0.6) is 0 Å². The van der Waals surface area contributed by atoms with E-state index in [1.807, 2.05) is 0 Å². The number of hydrogen-bond donors (Lipinski definition) is 7.